The first-order chi connectivity index (χ1) is 5.24. The molecule has 11 heavy (non-hydrogen) atoms. The summed E-state index contributed by atoms with van der Waals surface area (Å²) in [7, 11) is 0. The van der Waals surface area contributed by atoms with Crippen LogP contribution in [0.1, 0.15) is 0 Å². The monoisotopic (exact) mass is 174 g/mol. The van der Waals surface area contributed by atoms with Gasteiger partial charge in [-0.1, -0.05) is 5.16 Å². The smallest absolute Gasteiger partial charge is 0.351 e. The van der Waals surface area contributed by atoms with Gasteiger partial charge in [0.05, 0.1) is 5.75 Å². The number of hydrogen-bond donors (Lipinski definition) is 2. The van der Waals surface area contributed by atoms with Crippen LogP contribution in [0.3, 0.4) is 0 Å². The highest BCUT2D eigenvalue weighted by molar-refractivity contribution is 8.00. The lowest BCUT2D eigenvalue weighted by Crippen LogP contribution is -2.23. The Morgan fingerprint density at radius 2 is 2.36 bits per heavy atom. The SMILES string of the molecule is O=C(O)C1=NC(=NO)CSC1. The molecule has 0 saturated carbocycles. The highest BCUT2D eigenvalue weighted by Crippen LogP contribution is 2.09. The van der Waals surface area contributed by atoms with E-state index in [1.165, 1.54) is 11.8 Å². The molecule has 6 heteroatoms. The molecule has 1 aliphatic rings. The lowest BCUT2D eigenvalue weighted by atomic mass is 10.4. The van der Waals surface area contributed by atoms with E-state index >= 15 is 0 Å². The Morgan fingerprint density at radius 3 is 2.91 bits per heavy atom. The lowest BCUT2D eigenvalue weighted by Gasteiger charge is -2.07. The molecule has 0 aromatic carbocycles. The van der Waals surface area contributed by atoms with Gasteiger partial charge >= 0.3 is 5.97 Å². The summed E-state index contributed by atoms with van der Waals surface area (Å²) < 4.78 is 0. The second-order valence-electron chi connectivity index (χ2n) is 1.87. The van der Waals surface area contributed by atoms with Crippen LogP contribution in [-0.4, -0.2) is 39.3 Å². The number of aliphatic carboxylic acids is 1. The maximum atomic E-state index is 10.3. The molecule has 0 saturated heterocycles. The first kappa shape index (κ1) is 8.06. The van der Waals surface area contributed by atoms with Crippen LogP contribution < -0.4 is 0 Å². The van der Waals surface area contributed by atoms with Crippen molar-refractivity contribution < 1.29 is 15.1 Å². The molecule has 0 amide bonds. The van der Waals surface area contributed by atoms with E-state index in [4.69, 9.17) is 10.3 Å². The molecule has 0 fully saturated rings. The molecule has 1 heterocycles. The molecule has 0 aromatic rings. The predicted octanol–water partition coefficient (Wildman–Crippen LogP) is 0.0465. The molecule has 0 atom stereocenters. The molecule has 0 unspecified atom stereocenters. The van der Waals surface area contributed by atoms with E-state index < -0.39 is 5.97 Å². The summed E-state index contributed by atoms with van der Waals surface area (Å²) in [5.41, 5.74) is 0.0362. The number of hydrogen-bond acceptors (Lipinski definition) is 4. The van der Waals surface area contributed by atoms with Gasteiger partial charge in [0.2, 0.25) is 0 Å². The molecular formula is C5H6N2O3S. The number of amidine groups is 1. The maximum Gasteiger partial charge on any atom is 0.351 e. The normalized spacial score (nSPS) is 21.5. The van der Waals surface area contributed by atoms with E-state index in [1.54, 1.807) is 0 Å². The van der Waals surface area contributed by atoms with E-state index in [-0.39, 0.29) is 11.5 Å². The van der Waals surface area contributed by atoms with Crippen molar-refractivity contribution in [2.45, 2.75) is 0 Å². The number of aliphatic imine (C=N–C) groups is 1. The summed E-state index contributed by atoms with van der Waals surface area (Å²) in [6.07, 6.45) is 0. The zero-order valence-electron chi connectivity index (χ0n) is 5.52. The van der Waals surface area contributed by atoms with Crippen LogP contribution in [0.2, 0.25) is 0 Å². The van der Waals surface area contributed by atoms with Crippen LogP contribution in [0.4, 0.5) is 0 Å². The molecule has 0 aromatic heterocycles. The summed E-state index contributed by atoms with van der Waals surface area (Å²) in [5.74, 6) is -0.0567. The van der Waals surface area contributed by atoms with Crippen LogP contribution >= 0.6 is 11.8 Å². The largest absolute Gasteiger partial charge is 0.477 e. The van der Waals surface area contributed by atoms with Crippen molar-refractivity contribution in [1.82, 2.24) is 0 Å². The van der Waals surface area contributed by atoms with Gasteiger partial charge in [-0.3, -0.25) is 0 Å². The van der Waals surface area contributed by atoms with Gasteiger partial charge in [0.25, 0.3) is 0 Å². The van der Waals surface area contributed by atoms with Gasteiger partial charge in [-0.15, -0.1) is 11.8 Å². The van der Waals surface area contributed by atoms with E-state index in [0.717, 1.165) is 0 Å². The number of oxime groups is 1. The van der Waals surface area contributed by atoms with Gasteiger partial charge in [0.15, 0.2) is 5.84 Å². The van der Waals surface area contributed by atoms with Gasteiger partial charge in [0, 0.05) is 5.75 Å². The number of rotatable bonds is 1. The molecule has 0 radical (unpaired) electrons. The minimum atomic E-state index is -1.06. The van der Waals surface area contributed by atoms with Crippen LogP contribution in [0.15, 0.2) is 10.1 Å². The van der Waals surface area contributed by atoms with Crippen molar-refractivity contribution >= 4 is 29.3 Å². The Labute approximate surface area is 66.8 Å². The summed E-state index contributed by atoms with van der Waals surface area (Å²) in [6.45, 7) is 0. The summed E-state index contributed by atoms with van der Waals surface area (Å²) in [5, 5.41) is 19.6. The third-order valence-corrected chi connectivity index (χ3v) is 2.04. The summed E-state index contributed by atoms with van der Waals surface area (Å²) in [4.78, 5) is 13.9. The Kier molecular flexibility index (Phi) is 2.48. The van der Waals surface area contributed by atoms with Crippen LogP contribution in [-0.2, 0) is 4.79 Å². The zero-order chi connectivity index (χ0) is 8.27. The number of thioether (sulfide) groups is 1. The van der Waals surface area contributed by atoms with Crippen LogP contribution in [0.25, 0.3) is 0 Å². The van der Waals surface area contributed by atoms with Crippen molar-refractivity contribution in [1.29, 1.82) is 0 Å². The fraction of sp³-hybridized carbons (Fsp3) is 0.400. The quantitative estimate of drug-likeness (QED) is 0.434. The Bertz CT molecular complexity index is 236. The molecule has 1 rings (SSSR count). The second-order valence-corrected chi connectivity index (χ2v) is 2.86. The molecular weight excluding hydrogens is 168 g/mol. The first-order valence-electron chi connectivity index (χ1n) is 2.83. The van der Waals surface area contributed by atoms with Gasteiger partial charge in [-0.25, -0.2) is 9.79 Å². The van der Waals surface area contributed by atoms with Crippen LogP contribution in [0, 0.1) is 0 Å². The Balaban J connectivity index is 2.81. The molecule has 0 bridgehead atoms. The van der Waals surface area contributed by atoms with Crippen molar-refractivity contribution in [2.75, 3.05) is 11.5 Å². The highest BCUT2D eigenvalue weighted by atomic mass is 32.2. The third-order valence-electron chi connectivity index (χ3n) is 1.10. The zero-order valence-corrected chi connectivity index (χ0v) is 6.34. The molecule has 1 aliphatic heterocycles. The molecule has 2 N–H and O–H groups in total. The third kappa shape index (κ3) is 1.94. The van der Waals surface area contributed by atoms with Crippen molar-refractivity contribution in [2.24, 2.45) is 10.1 Å². The van der Waals surface area contributed by atoms with Gasteiger partial charge in [0.1, 0.15) is 5.71 Å². The average Bonchev–Trinajstić information content (AvgIpc) is 2.05. The van der Waals surface area contributed by atoms with E-state index in [2.05, 4.69) is 10.1 Å². The van der Waals surface area contributed by atoms with Crippen LogP contribution in [0.5, 0.6) is 0 Å². The van der Waals surface area contributed by atoms with Crippen molar-refractivity contribution in [3.63, 3.8) is 0 Å². The summed E-state index contributed by atoms with van der Waals surface area (Å²) >= 11 is 1.36. The topological polar surface area (TPSA) is 82.2 Å². The van der Waals surface area contributed by atoms with E-state index in [0.29, 0.717) is 11.5 Å². The number of carboxylic acid groups (broad SMARTS) is 1. The average molecular weight is 174 g/mol. The molecule has 0 spiro atoms. The lowest BCUT2D eigenvalue weighted by molar-refractivity contribution is -0.129. The molecule has 5 nitrogen and oxygen atoms in total. The van der Waals surface area contributed by atoms with Gasteiger partial charge in [-0.2, -0.15) is 0 Å². The number of carbonyl (C=O) groups is 1. The molecule has 0 aliphatic carbocycles. The second kappa shape index (κ2) is 3.38. The van der Waals surface area contributed by atoms with E-state index in [9.17, 15) is 4.79 Å². The minimum absolute atomic E-state index is 0.0362. The minimum Gasteiger partial charge on any atom is -0.477 e. The standard InChI is InChI=1S/C5H6N2O3S/c8-5(9)3-1-11-2-4(6-3)7-10/h10H,1-2H2,(H,8,9). The predicted molar refractivity (Wildman–Crippen MR) is 41.6 cm³/mol. The van der Waals surface area contributed by atoms with Crippen molar-refractivity contribution in [3.05, 3.63) is 0 Å². The number of carboxylic acids is 1. The fourth-order valence-electron chi connectivity index (χ4n) is 0.620. The van der Waals surface area contributed by atoms with Gasteiger partial charge < -0.3 is 10.3 Å². The highest BCUT2D eigenvalue weighted by Gasteiger charge is 2.16. The van der Waals surface area contributed by atoms with Gasteiger partial charge in [-0.05, 0) is 0 Å². The Morgan fingerprint density at radius 1 is 1.64 bits per heavy atom. The molecule has 60 valence electrons. The fourth-order valence-corrected chi connectivity index (χ4v) is 1.41. The van der Waals surface area contributed by atoms with Crippen molar-refractivity contribution in [3.8, 4) is 0 Å². The maximum absolute atomic E-state index is 10.3. The Hall–Kier alpha value is -1.04. The summed E-state index contributed by atoms with van der Waals surface area (Å²) in [6, 6.07) is 0. The van der Waals surface area contributed by atoms with E-state index in [1.807, 2.05) is 0 Å². The number of nitrogens with zero attached hydrogens (tertiary/aromatic N) is 2. The first-order valence-corrected chi connectivity index (χ1v) is 3.99.